The number of aryl methyl sites for hydroxylation is 1. The van der Waals surface area contributed by atoms with Crippen LogP contribution in [0.25, 0.3) is 0 Å². The van der Waals surface area contributed by atoms with E-state index in [1.54, 1.807) is 0 Å². The summed E-state index contributed by atoms with van der Waals surface area (Å²) in [7, 11) is -4.63. The fourth-order valence-corrected chi connectivity index (χ4v) is 3.44. The quantitative estimate of drug-likeness (QED) is 0.770. The van der Waals surface area contributed by atoms with E-state index in [-0.39, 0.29) is 34.6 Å². The van der Waals surface area contributed by atoms with Gasteiger partial charge in [-0.3, -0.25) is 4.55 Å². The van der Waals surface area contributed by atoms with E-state index in [2.05, 4.69) is 0 Å². The van der Waals surface area contributed by atoms with Crippen LogP contribution in [-0.2, 0) is 16.5 Å². The zero-order chi connectivity index (χ0) is 18.8. The van der Waals surface area contributed by atoms with Crippen LogP contribution in [0.1, 0.15) is 23.6 Å². The maximum atomic E-state index is 13.5. The maximum Gasteiger partial charge on any atom is 0.298 e. The second kappa shape index (κ2) is 7.40. The first kappa shape index (κ1) is 19.2. The molecule has 0 aliphatic rings. The molecule has 1 N–H and O–H groups in total. The normalized spacial score (nSPS) is 12.5. The van der Waals surface area contributed by atoms with Crippen LogP contribution < -0.4 is 4.74 Å². The van der Waals surface area contributed by atoms with Gasteiger partial charge in [0.05, 0.1) is 5.56 Å². The lowest BCUT2D eigenvalue weighted by molar-refractivity contribution is 0.353. The van der Waals surface area contributed by atoms with Crippen molar-refractivity contribution in [3.05, 3.63) is 52.0 Å². The molecular formula is C17H15ClFNO4S. The van der Waals surface area contributed by atoms with Crippen molar-refractivity contribution in [2.75, 3.05) is 0 Å². The Morgan fingerprint density at radius 1 is 1.36 bits per heavy atom. The summed E-state index contributed by atoms with van der Waals surface area (Å²) in [5.74, 6) is -0.152. The predicted molar refractivity (Wildman–Crippen MR) is 91.5 cm³/mol. The molecule has 0 saturated carbocycles. The average Bonchev–Trinajstić information content (AvgIpc) is 2.49. The van der Waals surface area contributed by atoms with Crippen molar-refractivity contribution in [1.29, 1.82) is 5.26 Å². The molecule has 0 fully saturated rings. The number of hydrogen-bond acceptors (Lipinski definition) is 4. The molecule has 8 heteroatoms. The molecule has 0 radical (unpaired) electrons. The van der Waals surface area contributed by atoms with E-state index in [0.717, 1.165) is 0 Å². The van der Waals surface area contributed by atoms with Gasteiger partial charge in [0.1, 0.15) is 22.9 Å². The largest absolute Gasteiger partial charge is 0.454 e. The fraction of sp³-hybridized carbons (Fsp3) is 0.235. The zero-order valence-corrected chi connectivity index (χ0v) is 15.0. The molecule has 1 atom stereocenters. The molecule has 0 spiro atoms. The SMILES string of the molecule is Cc1ccc(C[C@@H](C)F)c(Oc2ccc(Cl)cc2C#N)c1S(=O)(=O)O. The van der Waals surface area contributed by atoms with Crippen LogP contribution in [0.2, 0.25) is 5.02 Å². The molecule has 5 nitrogen and oxygen atoms in total. The van der Waals surface area contributed by atoms with E-state index in [1.165, 1.54) is 44.2 Å². The van der Waals surface area contributed by atoms with Gasteiger partial charge in [-0.25, -0.2) is 4.39 Å². The molecule has 25 heavy (non-hydrogen) atoms. The Morgan fingerprint density at radius 3 is 2.60 bits per heavy atom. The van der Waals surface area contributed by atoms with Crippen molar-refractivity contribution in [2.45, 2.75) is 31.3 Å². The van der Waals surface area contributed by atoms with Gasteiger partial charge in [-0.1, -0.05) is 23.7 Å². The molecule has 0 bridgehead atoms. The molecule has 0 aromatic heterocycles. The third-order valence-electron chi connectivity index (χ3n) is 3.42. The molecule has 0 aliphatic carbocycles. The lowest BCUT2D eigenvalue weighted by Crippen LogP contribution is -2.09. The van der Waals surface area contributed by atoms with Crippen LogP contribution in [0.5, 0.6) is 11.5 Å². The number of halogens is 2. The van der Waals surface area contributed by atoms with Crippen LogP contribution in [0.4, 0.5) is 4.39 Å². The van der Waals surface area contributed by atoms with E-state index in [0.29, 0.717) is 5.02 Å². The molecule has 0 unspecified atom stereocenters. The van der Waals surface area contributed by atoms with Crippen molar-refractivity contribution in [3.63, 3.8) is 0 Å². The van der Waals surface area contributed by atoms with Crippen LogP contribution in [0, 0.1) is 18.3 Å². The minimum atomic E-state index is -4.63. The standard InChI is InChI=1S/C17H15ClFNO4S/c1-10-3-4-12(7-11(2)19)16(17(10)25(21,22)23)24-15-6-5-14(18)8-13(15)9-20/h3-6,8,11H,7H2,1-2H3,(H,21,22,23)/t11-/m1/s1. The monoisotopic (exact) mass is 383 g/mol. The van der Waals surface area contributed by atoms with Crippen LogP contribution >= 0.6 is 11.6 Å². The van der Waals surface area contributed by atoms with Gasteiger partial charge in [-0.2, -0.15) is 13.7 Å². The number of nitrogens with zero attached hydrogens (tertiary/aromatic N) is 1. The van der Waals surface area contributed by atoms with Gasteiger partial charge in [-0.05, 0) is 43.2 Å². The molecule has 2 aromatic rings. The summed E-state index contributed by atoms with van der Waals surface area (Å²) < 4.78 is 52.3. The summed E-state index contributed by atoms with van der Waals surface area (Å²) in [4.78, 5) is -0.454. The Kier molecular flexibility index (Phi) is 5.68. The van der Waals surface area contributed by atoms with Crippen LogP contribution in [0.3, 0.4) is 0 Å². The highest BCUT2D eigenvalue weighted by Gasteiger charge is 2.25. The lowest BCUT2D eigenvalue weighted by Gasteiger charge is -2.17. The molecule has 0 aliphatic heterocycles. The van der Waals surface area contributed by atoms with Crippen molar-refractivity contribution >= 4 is 21.7 Å². The minimum Gasteiger partial charge on any atom is -0.454 e. The highest BCUT2D eigenvalue weighted by molar-refractivity contribution is 7.86. The van der Waals surface area contributed by atoms with Crippen molar-refractivity contribution < 1.29 is 22.1 Å². The molecule has 0 amide bonds. The van der Waals surface area contributed by atoms with Crippen LogP contribution in [-0.4, -0.2) is 19.1 Å². The Hall–Kier alpha value is -2.14. The van der Waals surface area contributed by atoms with Gasteiger partial charge in [-0.15, -0.1) is 0 Å². The average molecular weight is 384 g/mol. The lowest BCUT2D eigenvalue weighted by atomic mass is 10.1. The van der Waals surface area contributed by atoms with E-state index in [9.17, 15) is 22.6 Å². The highest BCUT2D eigenvalue weighted by Crippen LogP contribution is 2.37. The summed E-state index contributed by atoms with van der Waals surface area (Å²) in [5.41, 5.74) is 0.571. The summed E-state index contributed by atoms with van der Waals surface area (Å²) in [6.45, 7) is 2.80. The maximum absolute atomic E-state index is 13.5. The Morgan fingerprint density at radius 2 is 2.04 bits per heavy atom. The summed E-state index contributed by atoms with van der Waals surface area (Å²) >= 11 is 5.84. The van der Waals surface area contributed by atoms with Gasteiger partial charge >= 0.3 is 0 Å². The first-order chi connectivity index (χ1) is 11.6. The van der Waals surface area contributed by atoms with Gasteiger partial charge in [0.15, 0.2) is 5.75 Å². The molecule has 2 aromatic carbocycles. The predicted octanol–water partition coefficient (Wildman–Crippen LogP) is 4.46. The van der Waals surface area contributed by atoms with E-state index in [1.807, 2.05) is 6.07 Å². The summed E-state index contributed by atoms with van der Waals surface area (Å²) in [6.07, 6.45) is -1.38. The first-order valence-corrected chi connectivity index (χ1v) is 9.06. The second-order valence-electron chi connectivity index (χ2n) is 5.51. The molecule has 0 heterocycles. The van der Waals surface area contributed by atoms with Crippen molar-refractivity contribution in [1.82, 2.24) is 0 Å². The van der Waals surface area contributed by atoms with Gasteiger partial charge < -0.3 is 4.74 Å². The molecular weight excluding hydrogens is 369 g/mol. The Bertz CT molecular complexity index is 952. The van der Waals surface area contributed by atoms with E-state index in [4.69, 9.17) is 16.3 Å². The van der Waals surface area contributed by atoms with Gasteiger partial charge in [0.2, 0.25) is 0 Å². The first-order valence-electron chi connectivity index (χ1n) is 7.25. The third kappa shape index (κ3) is 4.48. The summed E-state index contributed by atoms with van der Waals surface area (Å²) in [5, 5.41) is 9.51. The van der Waals surface area contributed by atoms with Gasteiger partial charge in [0.25, 0.3) is 10.1 Å². The topological polar surface area (TPSA) is 87.4 Å². The number of hydrogen-bond donors (Lipinski definition) is 1. The minimum absolute atomic E-state index is 0.0511. The Balaban J connectivity index is 2.70. The third-order valence-corrected chi connectivity index (χ3v) is 4.68. The fourth-order valence-electron chi connectivity index (χ4n) is 2.39. The second-order valence-corrected chi connectivity index (χ2v) is 7.31. The number of nitriles is 1. The van der Waals surface area contributed by atoms with Crippen molar-refractivity contribution in [3.8, 4) is 17.6 Å². The van der Waals surface area contributed by atoms with Gasteiger partial charge in [0, 0.05) is 11.4 Å². The van der Waals surface area contributed by atoms with E-state index >= 15 is 0 Å². The summed E-state index contributed by atoms with van der Waals surface area (Å²) in [6, 6.07) is 9.11. The highest BCUT2D eigenvalue weighted by atomic mass is 35.5. The molecule has 132 valence electrons. The number of benzene rings is 2. The molecule has 2 rings (SSSR count). The smallest absolute Gasteiger partial charge is 0.298 e. The number of ether oxygens (including phenoxy) is 1. The Labute approximate surface area is 150 Å². The zero-order valence-electron chi connectivity index (χ0n) is 13.5. The number of alkyl halides is 1. The van der Waals surface area contributed by atoms with E-state index < -0.39 is 21.2 Å². The van der Waals surface area contributed by atoms with Crippen molar-refractivity contribution in [2.24, 2.45) is 0 Å². The molecule has 0 saturated heterocycles. The van der Waals surface area contributed by atoms with Crippen LogP contribution in [0.15, 0.2) is 35.2 Å². The number of rotatable bonds is 5.